The van der Waals surface area contributed by atoms with Crippen LogP contribution in [-0.4, -0.2) is 97.8 Å². The van der Waals surface area contributed by atoms with Crippen LogP contribution in [0.25, 0.3) is 16.7 Å². The van der Waals surface area contributed by atoms with Crippen LogP contribution in [0.1, 0.15) is 67.0 Å². The van der Waals surface area contributed by atoms with Gasteiger partial charge in [-0.15, -0.1) is 0 Å². The zero-order valence-electron chi connectivity index (χ0n) is 25.2. The quantitative estimate of drug-likeness (QED) is 0.444. The molecule has 1 saturated carbocycles. The van der Waals surface area contributed by atoms with Crippen molar-refractivity contribution < 1.29 is 22.3 Å². The fraction of sp³-hybridized carbons (Fsp3) is 0.581. The van der Waals surface area contributed by atoms with Gasteiger partial charge in [0.15, 0.2) is 5.65 Å². The highest BCUT2D eigenvalue weighted by atomic mass is 32.2. The number of benzene rings is 1. The summed E-state index contributed by atoms with van der Waals surface area (Å²) in [5.74, 6) is -0.880. The van der Waals surface area contributed by atoms with E-state index >= 15 is 0 Å². The number of carbonyl (C=O) groups excluding carboxylic acids is 1. The van der Waals surface area contributed by atoms with Crippen LogP contribution < -0.4 is 9.62 Å². The van der Waals surface area contributed by atoms with Gasteiger partial charge in [0.05, 0.1) is 35.7 Å². The molecule has 0 unspecified atom stereocenters. The zero-order valence-corrected chi connectivity index (χ0v) is 26.0. The van der Waals surface area contributed by atoms with E-state index < -0.39 is 16.1 Å². The number of anilines is 1. The van der Waals surface area contributed by atoms with Gasteiger partial charge in [0.1, 0.15) is 11.5 Å². The third-order valence-electron chi connectivity index (χ3n) is 10.2. The van der Waals surface area contributed by atoms with Crippen LogP contribution in [0.5, 0.6) is 0 Å². The average molecular weight is 626 g/mol. The van der Waals surface area contributed by atoms with E-state index in [0.717, 1.165) is 75.1 Å². The van der Waals surface area contributed by atoms with Gasteiger partial charge in [0.2, 0.25) is 0 Å². The Hall–Kier alpha value is -3.13. The number of amides is 1. The fourth-order valence-electron chi connectivity index (χ4n) is 7.05. The number of hydrogen-bond donors (Lipinski definition) is 1. The van der Waals surface area contributed by atoms with Crippen molar-refractivity contribution in [2.24, 2.45) is 5.41 Å². The van der Waals surface area contributed by atoms with E-state index in [-0.39, 0.29) is 43.7 Å². The number of halogens is 1. The SMILES string of the molecule is CN1CCC2(CC1)CCN(c1cc(C(=O)NS(=O)(=O)N3CCOCC3)nc3c1c(C1CCC1)nn3-c1ccc(F)cc1)CC2. The molecule has 1 aromatic carbocycles. The molecule has 5 heterocycles. The molecule has 11 nitrogen and oxygen atoms in total. The van der Waals surface area contributed by atoms with Crippen molar-refractivity contribution in [3.8, 4) is 5.69 Å². The van der Waals surface area contributed by atoms with E-state index in [4.69, 9.17) is 14.8 Å². The standard InChI is InChI=1S/C31H40FN7O4S/c1-36-13-9-31(10-14-36)11-15-37(16-12-31)26-21-25(30(40)35-44(41,42)38-17-19-43-20-18-38)33-29-27(26)28(22-3-2-4-22)34-39(29)24-7-5-23(32)6-8-24/h5-8,21-22H,2-4,9-20H2,1H3,(H,35,40). The highest BCUT2D eigenvalue weighted by Gasteiger charge is 2.39. The van der Waals surface area contributed by atoms with Crippen LogP contribution in [-0.2, 0) is 14.9 Å². The Morgan fingerprint density at radius 2 is 1.66 bits per heavy atom. The summed E-state index contributed by atoms with van der Waals surface area (Å²) in [4.78, 5) is 23.1. The van der Waals surface area contributed by atoms with Crippen molar-refractivity contribution in [1.29, 1.82) is 0 Å². The van der Waals surface area contributed by atoms with Crippen molar-refractivity contribution in [3.63, 3.8) is 0 Å². The number of pyridine rings is 1. The summed E-state index contributed by atoms with van der Waals surface area (Å²) in [7, 11) is -1.90. The maximum Gasteiger partial charge on any atom is 0.304 e. The lowest BCUT2D eigenvalue weighted by Crippen LogP contribution is -2.48. The van der Waals surface area contributed by atoms with Crippen molar-refractivity contribution in [3.05, 3.63) is 47.5 Å². The Morgan fingerprint density at radius 1 is 1.00 bits per heavy atom. The molecule has 1 N–H and O–H groups in total. The van der Waals surface area contributed by atoms with Crippen LogP contribution in [0.4, 0.5) is 10.1 Å². The minimum Gasteiger partial charge on any atom is -0.379 e. The second-order valence-electron chi connectivity index (χ2n) is 12.9. The number of nitrogens with zero attached hydrogens (tertiary/aromatic N) is 6. The molecule has 3 aliphatic heterocycles. The highest BCUT2D eigenvalue weighted by molar-refractivity contribution is 7.87. The summed E-state index contributed by atoms with van der Waals surface area (Å²) >= 11 is 0. The van der Waals surface area contributed by atoms with Gasteiger partial charge in [-0.1, -0.05) is 6.42 Å². The third-order valence-corrected chi connectivity index (χ3v) is 11.7. The van der Waals surface area contributed by atoms with Crippen LogP contribution in [0, 0.1) is 11.2 Å². The van der Waals surface area contributed by atoms with Crippen LogP contribution in [0.2, 0.25) is 0 Å². The smallest absolute Gasteiger partial charge is 0.304 e. The monoisotopic (exact) mass is 625 g/mol. The maximum absolute atomic E-state index is 13.9. The molecule has 0 bridgehead atoms. The molecule has 1 amide bonds. The number of fused-ring (bicyclic) bond motifs is 1. The van der Waals surface area contributed by atoms with E-state index in [2.05, 4.69) is 21.6 Å². The number of rotatable bonds is 6. The minimum absolute atomic E-state index is 0.00679. The number of hydrogen-bond acceptors (Lipinski definition) is 8. The van der Waals surface area contributed by atoms with Gasteiger partial charge in [0, 0.05) is 32.1 Å². The highest BCUT2D eigenvalue weighted by Crippen LogP contribution is 2.46. The van der Waals surface area contributed by atoms with E-state index in [1.54, 1.807) is 22.9 Å². The van der Waals surface area contributed by atoms with E-state index in [1.807, 2.05) is 0 Å². The van der Waals surface area contributed by atoms with E-state index in [0.29, 0.717) is 16.7 Å². The van der Waals surface area contributed by atoms with Gasteiger partial charge in [-0.2, -0.15) is 17.8 Å². The first-order chi connectivity index (χ1) is 21.2. The molecule has 13 heteroatoms. The Bertz CT molecular complexity index is 1630. The lowest BCUT2D eigenvalue weighted by Gasteiger charge is -2.47. The first-order valence-electron chi connectivity index (χ1n) is 15.7. The predicted octanol–water partition coefficient (Wildman–Crippen LogP) is 3.45. The molecule has 2 aromatic heterocycles. The van der Waals surface area contributed by atoms with Crippen LogP contribution in [0.15, 0.2) is 30.3 Å². The lowest BCUT2D eigenvalue weighted by molar-refractivity contribution is 0.0718. The number of piperidine rings is 2. The molecule has 0 atom stereocenters. The maximum atomic E-state index is 13.9. The molecule has 1 spiro atoms. The Morgan fingerprint density at radius 3 is 2.30 bits per heavy atom. The van der Waals surface area contributed by atoms with Gasteiger partial charge in [-0.05, 0) is 94.4 Å². The van der Waals surface area contributed by atoms with Gasteiger partial charge in [-0.25, -0.2) is 18.8 Å². The number of nitrogens with one attached hydrogen (secondary N) is 1. The molecule has 236 valence electrons. The second kappa shape index (κ2) is 11.7. The molecular formula is C31H40FN7O4S. The molecule has 7 rings (SSSR count). The number of aromatic nitrogens is 3. The summed E-state index contributed by atoms with van der Waals surface area (Å²) in [5, 5.41) is 5.93. The number of likely N-dealkylation sites (tertiary alicyclic amines) is 1. The average Bonchev–Trinajstić information content (AvgIpc) is 3.37. The molecule has 44 heavy (non-hydrogen) atoms. The normalized spacial score (nSPS) is 21.9. The van der Waals surface area contributed by atoms with E-state index in [9.17, 15) is 17.6 Å². The number of carbonyl (C=O) groups is 1. The Kier molecular flexibility index (Phi) is 7.84. The van der Waals surface area contributed by atoms with Gasteiger partial charge >= 0.3 is 10.2 Å². The molecule has 4 aliphatic rings. The molecule has 4 fully saturated rings. The third kappa shape index (κ3) is 5.59. The summed E-state index contributed by atoms with van der Waals surface area (Å²) in [6.07, 6.45) is 7.65. The van der Waals surface area contributed by atoms with Crippen LogP contribution >= 0.6 is 0 Å². The summed E-state index contributed by atoms with van der Waals surface area (Å²) < 4.78 is 50.6. The lowest BCUT2D eigenvalue weighted by atomic mass is 9.71. The Balaban J connectivity index is 1.30. The Labute approximate surface area is 257 Å². The summed E-state index contributed by atoms with van der Waals surface area (Å²) in [6.45, 7) is 4.79. The second-order valence-corrected chi connectivity index (χ2v) is 14.5. The van der Waals surface area contributed by atoms with Crippen molar-refractivity contribution in [2.45, 2.75) is 50.9 Å². The zero-order chi connectivity index (χ0) is 30.5. The summed E-state index contributed by atoms with van der Waals surface area (Å²) in [5.41, 5.74) is 3.24. The molecule has 3 aromatic rings. The molecule has 1 aliphatic carbocycles. The van der Waals surface area contributed by atoms with Crippen LogP contribution in [0.3, 0.4) is 0 Å². The van der Waals surface area contributed by atoms with Gasteiger partial charge in [0.25, 0.3) is 5.91 Å². The minimum atomic E-state index is -4.08. The predicted molar refractivity (Wildman–Crippen MR) is 165 cm³/mol. The summed E-state index contributed by atoms with van der Waals surface area (Å²) in [6, 6.07) is 7.80. The van der Waals surface area contributed by atoms with Gasteiger partial charge in [-0.3, -0.25) is 4.79 Å². The van der Waals surface area contributed by atoms with Crippen molar-refractivity contribution >= 4 is 32.8 Å². The molecular weight excluding hydrogens is 585 g/mol. The van der Waals surface area contributed by atoms with Gasteiger partial charge < -0.3 is 14.5 Å². The molecule has 3 saturated heterocycles. The van der Waals surface area contributed by atoms with E-state index in [1.165, 1.54) is 29.3 Å². The molecule has 0 radical (unpaired) electrons. The number of morpholine rings is 1. The first-order valence-corrected chi connectivity index (χ1v) is 17.2. The fourth-order valence-corrected chi connectivity index (χ4v) is 8.15. The van der Waals surface area contributed by atoms with Crippen molar-refractivity contribution in [1.82, 2.24) is 28.7 Å². The first kappa shape index (κ1) is 29.6. The number of ether oxygens (including phenoxy) is 1. The largest absolute Gasteiger partial charge is 0.379 e. The van der Waals surface area contributed by atoms with Crippen molar-refractivity contribution in [2.75, 3.05) is 64.4 Å². The topological polar surface area (TPSA) is 113 Å².